The van der Waals surface area contributed by atoms with E-state index >= 15 is 0 Å². The average Bonchev–Trinajstić information content (AvgIpc) is 3.11. The molecular formula is C18H15N3O8S. The highest BCUT2D eigenvalue weighted by Crippen LogP contribution is 2.25. The van der Waals surface area contributed by atoms with Crippen LogP contribution in [0.1, 0.15) is 27.7 Å². The molecule has 11 nitrogen and oxygen atoms in total. The van der Waals surface area contributed by atoms with Crippen LogP contribution >= 0.6 is 0 Å². The van der Waals surface area contributed by atoms with E-state index in [1.165, 1.54) is 43.3 Å². The van der Waals surface area contributed by atoms with E-state index < -0.39 is 21.0 Å². The minimum Gasteiger partial charge on any atom is -0.452 e. The lowest BCUT2D eigenvalue weighted by molar-refractivity contribution is -0.385. The number of nitro benzene ring substituents is 1. The molecule has 12 heteroatoms. The molecule has 0 N–H and O–H groups in total. The Hall–Kier alpha value is -3.80. The fourth-order valence-electron chi connectivity index (χ4n) is 2.40. The lowest BCUT2D eigenvalue weighted by Gasteiger charge is -2.09. The summed E-state index contributed by atoms with van der Waals surface area (Å²) in [5.41, 5.74) is 0.0527. The molecule has 3 aromatic rings. The van der Waals surface area contributed by atoms with Crippen LogP contribution in [0.15, 0.2) is 51.8 Å². The summed E-state index contributed by atoms with van der Waals surface area (Å²) in [6, 6.07) is 8.59. The lowest BCUT2D eigenvalue weighted by Crippen LogP contribution is -2.12. The van der Waals surface area contributed by atoms with Crippen molar-refractivity contribution < 1.29 is 31.5 Å². The first-order valence-corrected chi connectivity index (χ1v) is 9.82. The molecular weight excluding hydrogens is 418 g/mol. The number of aromatic nitrogens is 2. The van der Waals surface area contributed by atoms with Gasteiger partial charge in [0.15, 0.2) is 6.61 Å². The van der Waals surface area contributed by atoms with Gasteiger partial charge in [-0.3, -0.25) is 10.1 Å². The highest BCUT2D eigenvalue weighted by molar-refractivity contribution is 7.87. The van der Waals surface area contributed by atoms with E-state index in [0.717, 1.165) is 6.07 Å². The molecule has 0 amide bonds. The molecule has 0 unspecified atom stereocenters. The van der Waals surface area contributed by atoms with Crippen LogP contribution in [0, 0.1) is 24.0 Å². The Kier molecular flexibility index (Phi) is 5.78. The van der Waals surface area contributed by atoms with Crippen LogP contribution in [0.5, 0.6) is 5.75 Å². The molecule has 0 spiro atoms. The quantitative estimate of drug-likeness (QED) is 0.235. The molecule has 1 aromatic heterocycles. The van der Waals surface area contributed by atoms with E-state index in [4.69, 9.17) is 13.3 Å². The monoisotopic (exact) mass is 433 g/mol. The molecule has 0 radical (unpaired) electrons. The molecule has 0 atom stereocenters. The molecule has 0 fully saturated rings. The molecule has 30 heavy (non-hydrogen) atoms. The molecule has 156 valence electrons. The van der Waals surface area contributed by atoms with Crippen LogP contribution in [0.3, 0.4) is 0 Å². The first-order valence-electron chi connectivity index (χ1n) is 8.41. The topological polar surface area (TPSA) is 152 Å². The van der Waals surface area contributed by atoms with Gasteiger partial charge in [-0.25, -0.2) is 4.79 Å². The van der Waals surface area contributed by atoms with E-state index in [2.05, 4.69) is 10.2 Å². The third-order valence-electron chi connectivity index (χ3n) is 3.84. The van der Waals surface area contributed by atoms with Crippen molar-refractivity contribution >= 4 is 21.8 Å². The SMILES string of the molecule is Cc1nnc(COC(=O)c2ccc(OS(=O)(=O)c3cc([N+](=O)[O-])ccc3C)cc2)o1. The van der Waals surface area contributed by atoms with Crippen LogP contribution in [-0.4, -0.2) is 29.5 Å². The second kappa shape index (κ2) is 8.29. The number of non-ortho nitro benzene ring substituents is 1. The van der Waals surface area contributed by atoms with Crippen molar-refractivity contribution in [2.75, 3.05) is 0 Å². The Morgan fingerprint density at radius 2 is 1.83 bits per heavy atom. The van der Waals surface area contributed by atoms with E-state index in [9.17, 15) is 23.3 Å². The van der Waals surface area contributed by atoms with Crippen molar-refractivity contribution in [3.05, 3.63) is 75.5 Å². The molecule has 0 aliphatic rings. The second-order valence-corrected chi connectivity index (χ2v) is 7.57. The van der Waals surface area contributed by atoms with Crippen molar-refractivity contribution in [1.82, 2.24) is 10.2 Å². The van der Waals surface area contributed by atoms with Crippen LogP contribution in [0.4, 0.5) is 5.69 Å². The van der Waals surface area contributed by atoms with Gasteiger partial charge in [0.25, 0.3) is 11.6 Å². The Labute approximate surface area is 170 Å². The smallest absolute Gasteiger partial charge is 0.339 e. The van der Waals surface area contributed by atoms with E-state index in [1.54, 1.807) is 6.92 Å². The van der Waals surface area contributed by atoms with Crippen LogP contribution in [0.25, 0.3) is 0 Å². The van der Waals surface area contributed by atoms with E-state index in [0.29, 0.717) is 5.89 Å². The van der Waals surface area contributed by atoms with Gasteiger partial charge in [-0.1, -0.05) is 6.07 Å². The summed E-state index contributed by atoms with van der Waals surface area (Å²) in [5, 5.41) is 18.2. The molecule has 0 saturated carbocycles. The van der Waals surface area contributed by atoms with Gasteiger partial charge in [-0.15, -0.1) is 10.2 Å². The molecule has 2 aromatic carbocycles. The highest BCUT2D eigenvalue weighted by Gasteiger charge is 2.23. The Balaban J connectivity index is 1.71. The number of carbonyl (C=O) groups excluding carboxylic acids is 1. The summed E-state index contributed by atoms with van der Waals surface area (Å²) in [5.74, 6) is -0.290. The van der Waals surface area contributed by atoms with Gasteiger partial charge in [0.1, 0.15) is 10.6 Å². The predicted octanol–water partition coefficient (Wildman–Crippen LogP) is 2.72. The highest BCUT2D eigenvalue weighted by atomic mass is 32.2. The van der Waals surface area contributed by atoms with E-state index in [1.807, 2.05) is 0 Å². The van der Waals surface area contributed by atoms with Gasteiger partial charge in [0, 0.05) is 19.1 Å². The van der Waals surface area contributed by atoms with Crippen molar-refractivity contribution in [1.29, 1.82) is 0 Å². The van der Waals surface area contributed by atoms with Crippen molar-refractivity contribution in [2.45, 2.75) is 25.3 Å². The number of nitrogens with zero attached hydrogens (tertiary/aromatic N) is 3. The molecule has 0 bridgehead atoms. The Bertz CT molecular complexity index is 1200. The maximum Gasteiger partial charge on any atom is 0.339 e. The molecule has 0 aliphatic heterocycles. The summed E-state index contributed by atoms with van der Waals surface area (Å²) in [6.07, 6.45) is 0. The normalized spacial score (nSPS) is 11.1. The number of ether oxygens (including phenoxy) is 1. The summed E-state index contributed by atoms with van der Waals surface area (Å²) in [7, 11) is -4.33. The molecule has 1 heterocycles. The van der Waals surface area contributed by atoms with Crippen molar-refractivity contribution in [3.8, 4) is 5.75 Å². The van der Waals surface area contributed by atoms with Crippen molar-refractivity contribution in [2.24, 2.45) is 0 Å². The predicted molar refractivity (Wildman–Crippen MR) is 100 cm³/mol. The number of esters is 1. The van der Waals surface area contributed by atoms with Gasteiger partial charge in [-0.05, 0) is 36.8 Å². The summed E-state index contributed by atoms with van der Waals surface area (Å²) >= 11 is 0. The zero-order valence-corrected chi connectivity index (χ0v) is 16.6. The number of aryl methyl sites for hydroxylation is 2. The number of hydrogen-bond acceptors (Lipinski definition) is 10. The molecule has 3 rings (SSSR count). The Morgan fingerprint density at radius 1 is 1.13 bits per heavy atom. The zero-order chi connectivity index (χ0) is 21.9. The largest absolute Gasteiger partial charge is 0.452 e. The first-order chi connectivity index (χ1) is 14.2. The van der Waals surface area contributed by atoms with Gasteiger partial charge in [0.05, 0.1) is 10.5 Å². The molecule has 0 aliphatic carbocycles. The Morgan fingerprint density at radius 3 is 2.43 bits per heavy atom. The number of rotatable bonds is 7. The number of benzene rings is 2. The van der Waals surface area contributed by atoms with Gasteiger partial charge >= 0.3 is 16.1 Å². The van der Waals surface area contributed by atoms with Gasteiger partial charge in [-0.2, -0.15) is 8.42 Å². The minimum absolute atomic E-state index is 0.0787. The van der Waals surface area contributed by atoms with Gasteiger partial charge in [0.2, 0.25) is 5.89 Å². The first kappa shape index (κ1) is 20.9. The second-order valence-electron chi connectivity index (χ2n) is 6.06. The van der Waals surface area contributed by atoms with E-state index in [-0.39, 0.29) is 40.0 Å². The fraction of sp³-hybridized carbons (Fsp3) is 0.167. The fourth-order valence-corrected chi connectivity index (χ4v) is 3.58. The third kappa shape index (κ3) is 4.78. The van der Waals surface area contributed by atoms with Crippen LogP contribution in [0.2, 0.25) is 0 Å². The van der Waals surface area contributed by atoms with Gasteiger partial charge < -0.3 is 13.3 Å². The summed E-state index contributed by atoms with van der Waals surface area (Å²) in [6.45, 7) is 2.88. The maximum absolute atomic E-state index is 12.5. The maximum atomic E-state index is 12.5. The molecule has 0 saturated heterocycles. The number of nitro groups is 1. The standard InChI is InChI=1S/C18H15N3O8S/c1-11-3-6-14(21(23)24)9-16(11)30(25,26)29-15-7-4-13(5-8-15)18(22)27-10-17-20-19-12(2)28-17/h3-9H,10H2,1-2H3. The summed E-state index contributed by atoms with van der Waals surface area (Å²) in [4.78, 5) is 21.9. The number of carbonyl (C=O) groups is 1. The third-order valence-corrected chi connectivity index (χ3v) is 5.23. The number of hydrogen-bond donors (Lipinski definition) is 0. The minimum atomic E-state index is -4.33. The lowest BCUT2D eigenvalue weighted by atomic mass is 10.2. The van der Waals surface area contributed by atoms with Crippen molar-refractivity contribution in [3.63, 3.8) is 0 Å². The average molecular weight is 433 g/mol. The summed E-state index contributed by atoms with van der Waals surface area (Å²) < 4.78 is 40.2. The van der Waals surface area contributed by atoms with Crippen LogP contribution in [-0.2, 0) is 21.5 Å². The van der Waals surface area contributed by atoms with Crippen LogP contribution < -0.4 is 4.18 Å². The zero-order valence-electron chi connectivity index (χ0n) is 15.8.